The predicted molar refractivity (Wildman–Crippen MR) is 47.8 cm³/mol. The van der Waals surface area contributed by atoms with Crippen LogP contribution in [0.1, 0.15) is 34.1 Å². The first kappa shape index (κ1) is 9.48. The average Bonchev–Trinajstić information content (AvgIpc) is 1.87. The second-order valence-corrected chi connectivity index (χ2v) is 2.80. The minimum Gasteiger partial charge on any atom is -0.0780 e. The first-order chi connectivity index (χ1) is 4.66. The van der Waals surface area contributed by atoms with Crippen molar-refractivity contribution in [1.29, 1.82) is 0 Å². The summed E-state index contributed by atoms with van der Waals surface area (Å²) in [6.07, 6.45) is 7.54. The Kier molecular flexibility index (Phi) is 5.00. The second kappa shape index (κ2) is 5.28. The molecule has 0 saturated carbocycles. The molecule has 1 radical (unpaired) electrons. The van der Waals surface area contributed by atoms with Crippen molar-refractivity contribution in [2.24, 2.45) is 0 Å². The molecule has 57 valence electrons. The van der Waals surface area contributed by atoms with Gasteiger partial charge in [0.2, 0.25) is 0 Å². The van der Waals surface area contributed by atoms with Gasteiger partial charge in [-0.15, -0.1) is 0 Å². The fraction of sp³-hybridized carbons (Fsp3) is 0.500. The third-order valence-corrected chi connectivity index (χ3v) is 1.37. The standard InChI is InChI=1S/C10H17/c1-5-10(4)8-6-7-9(2)3/h6-8H,5H2,1-4H3/b7-6+,10-8+. The fourth-order valence-electron chi connectivity index (χ4n) is 0.523. The third-order valence-electron chi connectivity index (χ3n) is 1.37. The molecule has 0 unspecified atom stereocenters. The molecule has 0 fully saturated rings. The van der Waals surface area contributed by atoms with Gasteiger partial charge in [0.15, 0.2) is 0 Å². The summed E-state index contributed by atoms with van der Waals surface area (Å²) in [5, 5.41) is 0. The smallest absolute Gasteiger partial charge is 0.00860 e. The largest absolute Gasteiger partial charge is 0.0780 e. The van der Waals surface area contributed by atoms with Gasteiger partial charge in [0.1, 0.15) is 0 Å². The Bertz CT molecular complexity index is 127. The van der Waals surface area contributed by atoms with E-state index in [9.17, 15) is 0 Å². The molecule has 0 nitrogen and oxygen atoms in total. The Balaban J connectivity index is 3.70. The molecule has 0 saturated heterocycles. The normalized spacial score (nSPS) is 13.5. The molecular weight excluding hydrogens is 120 g/mol. The molecular formula is C10H17. The van der Waals surface area contributed by atoms with E-state index in [2.05, 4.69) is 45.9 Å². The summed E-state index contributed by atoms with van der Waals surface area (Å²) >= 11 is 0. The highest BCUT2D eigenvalue weighted by Crippen LogP contribution is 2.01. The van der Waals surface area contributed by atoms with E-state index in [4.69, 9.17) is 0 Å². The van der Waals surface area contributed by atoms with Crippen LogP contribution in [0.2, 0.25) is 0 Å². The van der Waals surface area contributed by atoms with Crippen LogP contribution >= 0.6 is 0 Å². The Morgan fingerprint density at radius 1 is 1.20 bits per heavy atom. The van der Waals surface area contributed by atoms with E-state index in [-0.39, 0.29) is 0 Å². The Hall–Kier alpha value is -0.520. The van der Waals surface area contributed by atoms with E-state index in [1.54, 1.807) is 0 Å². The van der Waals surface area contributed by atoms with E-state index in [0.29, 0.717) is 0 Å². The van der Waals surface area contributed by atoms with Crippen LogP contribution in [0.15, 0.2) is 23.8 Å². The lowest BCUT2D eigenvalue weighted by Crippen LogP contribution is -1.73. The summed E-state index contributed by atoms with van der Waals surface area (Å²) in [7, 11) is 0. The quantitative estimate of drug-likeness (QED) is 0.522. The molecule has 0 aliphatic heterocycles. The zero-order chi connectivity index (χ0) is 7.98. The highest BCUT2D eigenvalue weighted by atomic mass is 13.9. The highest BCUT2D eigenvalue weighted by Gasteiger charge is 1.82. The lowest BCUT2D eigenvalue weighted by molar-refractivity contribution is 1.10. The molecule has 0 heteroatoms. The van der Waals surface area contributed by atoms with Gasteiger partial charge in [-0.3, -0.25) is 0 Å². The summed E-state index contributed by atoms with van der Waals surface area (Å²) in [4.78, 5) is 0. The molecule has 0 bridgehead atoms. The van der Waals surface area contributed by atoms with E-state index < -0.39 is 0 Å². The molecule has 0 spiro atoms. The minimum atomic E-state index is 1.15. The van der Waals surface area contributed by atoms with Crippen molar-refractivity contribution in [2.75, 3.05) is 0 Å². The van der Waals surface area contributed by atoms with Gasteiger partial charge in [0, 0.05) is 0 Å². The van der Waals surface area contributed by atoms with E-state index >= 15 is 0 Å². The van der Waals surface area contributed by atoms with Gasteiger partial charge >= 0.3 is 0 Å². The third kappa shape index (κ3) is 5.61. The lowest BCUT2D eigenvalue weighted by atomic mass is 10.2. The maximum Gasteiger partial charge on any atom is -0.00860 e. The summed E-state index contributed by atoms with van der Waals surface area (Å²) in [6.45, 7) is 8.52. The van der Waals surface area contributed by atoms with E-state index in [1.165, 1.54) is 11.5 Å². The second-order valence-electron chi connectivity index (χ2n) is 2.80. The van der Waals surface area contributed by atoms with Gasteiger partial charge in [0.25, 0.3) is 0 Å². The van der Waals surface area contributed by atoms with Crippen molar-refractivity contribution in [3.8, 4) is 0 Å². The van der Waals surface area contributed by atoms with Crippen molar-refractivity contribution in [2.45, 2.75) is 34.1 Å². The summed E-state index contributed by atoms with van der Waals surface area (Å²) in [5.41, 5.74) is 1.43. The molecule has 0 amide bonds. The van der Waals surface area contributed by atoms with Crippen molar-refractivity contribution in [3.63, 3.8) is 0 Å². The molecule has 0 aliphatic carbocycles. The number of hydrogen-bond donors (Lipinski definition) is 0. The zero-order valence-electron chi connectivity index (χ0n) is 7.44. The first-order valence-electron chi connectivity index (χ1n) is 3.80. The van der Waals surface area contributed by atoms with Crippen molar-refractivity contribution >= 4 is 0 Å². The first-order valence-corrected chi connectivity index (χ1v) is 3.80. The van der Waals surface area contributed by atoms with Gasteiger partial charge in [0.05, 0.1) is 0 Å². The monoisotopic (exact) mass is 137 g/mol. The molecule has 10 heavy (non-hydrogen) atoms. The number of rotatable bonds is 3. The maximum atomic E-state index is 2.17. The summed E-state index contributed by atoms with van der Waals surface area (Å²) < 4.78 is 0. The predicted octanol–water partition coefficient (Wildman–Crippen LogP) is 3.51. The van der Waals surface area contributed by atoms with Gasteiger partial charge < -0.3 is 0 Å². The summed E-state index contributed by atoms with van der Waals surface area (Å²) in [6, 6.07) is 0. The van der Waals surface area contributed by atoms with Gasteiger partial charge in [-0.1, -0.05) is 44.6 Å². The Labute approximate surface area is 64.6 Å². The average molecular weight is 137 g/mol. The molecule has 0 aliphatic rings. The van der Waals surface area contributed by atoms with Crippen LogP contribution in [0.5, 0.6) is 0 Å². The SMILES string of the molecule is CC/C(C)=C/C=C/[C](C)C. The molecule has 0 N–H and O–H groups in total. The number of allylic oxidation sites excluding steroid dienone is 4. The van der Waals surface area contributed by atoms with Crippen molar-refractivity contribution in [3.05, 3.63) is 29.7 Å². The van der Waals surface area contributed by atoms with E-state index in [1.807, 2.05) is 0 Å². The molecule has 0 aromatic carbocycles. The van der Waals surface area contributed by atoms with Crippen LogP contribution < -0.4 is 0 Å². The van der Waals surface area contributed by atoms with Crippen LogP contribution in [0.25, 0.3) is 0 Å². The molecule has 0 aromatic rings. The highest BCUT2D eigenvalue weighted by molar-refractivity contribution is 5.15. The maximum absolute atomic E-state index is 2.17. The number of hydrogen-bond acceptors (Lipinski definition) is 0. The zero-order valence-corrected chi connectivity index (χ0v) is 7.44. The molecule has 0 aromatic heterocycles. The Morgan fingerprint density at radius 2 is 1.80 bits per heavy atom. The van der Waals surface area contributed by atoms with Crippen molar-refractivity contribution in [1.82, 2.24) is 0 Å². The minimum absolute atomic E-state index is 1.15. The van der Waals surface area contributed by atoms with Gasteiger partial charge in [-0.25, -0.2) is 0 Å². The van der Waals surface area contributed by atoms with Crippen LogP contribution in [0.4, 0.5) is 0 Å². The topological polar surface area (TPSA) is 0 Å². The lowest BCUT2D eigenvalue weighted by Gasteiger charge is -1.91. The fourth-order valence-corrected chi connectivity index (χ4v) is 0.523. The van der Waals surface area contributed by atoms with Crippen LogP contribution in [-0.4, -0.2) is 0 Å². The van der Waals surface area contributed by atoms with Crippen LogP contribution in [0, 0.1) is 5.92 Å². The molecule has 0 atom stereocenters. The molecule has 0 heterocycles. The van der Waals surface area contributed by atoms with E-state index in [0.717, 1.165) is 6.42 Å². The van der Waals surface area contributed by atoms with Gasteiger partial charge in [-0.2, -0.15) is 0 Å². The Morgan fingerprint density at radius 3 is 2.20 bits per heavy atom. The van der Waals surface area contributed by atoms with Crippen LogP contribution in [0.3, 0.4) is 0 Å². The van der Waals surface area contributed by atoms with Gasteiger partial charge in [-0.05, 0) is 19.3 Å². The van der Waals surface area contributed by atoms with Crippen molar-refractivity contribution < 1.29 is 0 Å². The van der Waals surface area contributed by atoms with Crippen LogP contribution in [-0.2, 0) is 0 Å². The molecule has 0 rings (SSSR count). The summed E-state index contributed by atoms with van der Waals surface area (Å²) in [5.74, 6) is 1.35.